The number of ketones is 2. The molecule has 0 saturated carbocycles. The molecule has 0 fully saturated rings. The van der Waals surface area contributed by atoms with Crippen LogP contribution in [0.15, 0.2) is 18.2 Å². The average Bonchev–Trinajstić information content (AvgIpc) is 2.48. The first-order chi connectivity index (χ1) is 12.2. The van der Waals surface area contributed by atoms with Gasteiger partial charge in [0.2, 0.25) is 0 Å². The second kappa shape index (κ2) is 8.33. The molecule has 1 rings (SSSR count). The topological polar surface area (TPSA) is 133 Å². The Morgan fingerprint density at radius 2 is 1.30 bits per heavy atom. The first-order valence-corrected chi connectivity index (χ1v) is 10.6. The summed E-state index contributed by atoms with van der Waals surface area (Å²) in [6, 6.07) is 3.89. The van der Waals surface area contributed by atoms with Crippen molar-refractivity contribution < 1.29 is 26.4 Å². The molecule has 0 heterocycles. The molecule has 0 atom stereocenters. The Kier molecular flexibility index (Phi) is 7.11. The summed E-state index contributed by atoms with van der Waals surface area (Å²) in [6.07, 6.45) is 0. The average molecular weight is 421 g/mol. The van der Waals surface area contributed by atoms with Gasteiger partial charge in [0.1, 0.15) is 17.5 Å². The van der Waals surface area contributed by atoms with Crippen LogP contribution >= 0.6 is 0 Å². The molecule has 0 saturated heterocycles. The van der Waals surface area contributed by atoms with Crippen LogP contribution in [0, 0.1) is 0 Å². The van der Waals surface area contributed by atoms with E-state index in [9.17, 15) is 26.4 Å². The van der Waals surface area contributed by atoms with Crippen molar-refractivity contribution in [3.8, 4) is 0 Å². The summed E-state index contributed by atoms with van der Waals surface area (Å²) >= 11 is 0. The SMILES string of the molecule is CC(=O)C(C(C)=O)c1cc(NS(=O)(=O)N(C)C)ccc1NS(=O)(=O)N(C)C. The summed E-state index contributed by atoms with van der Waals surface area (Å²) < 4.78 is 54.8. The van der Waals surface area contributed by atoms with Gasteiger partial charge in [0.05, 0.1) is 11.4 Å². The lowest BCUT2D eigenvalue weighted by Gasteiger charge is -2.21. The highest BCUT2D eigenvalue weighted by molar-refractivity contribution is 7.90. The summed E-state index contributed by atoms with van der Waals surface area (Å²) in [6.45, 7) is 2.40. The fourth-order valence-corrected chi connectivity index (χ4v) is 3.41. The summed E-state index contributed by atoms with van der Waals surface area (Å²) in [7, 11) is -2.45. The molecular formula is C15H24N4O6S2. The van der Waals surface area contributed by atoms with E-state index in [1.165, 1.54) is 60.2 Å². The number of hydrogen-bond donors (Lipinski definition) is 2. The lowest BCUT2D eigenvalue weighted by atomic mass is 9.90. The van der Waals surface area contributed by atoms with Crippen LogP contribution in [0.4, 0.5) is 11.4 Å². The molecule has 0 bridgehead atoms. The molecular weight excluding hydrogens is 396 g/mol. The minimum absolute atomic E-state index is 0.00639. The lowest BCUT2D eigenvalue weighted by molar-refractivity contribution is -0.126. The van der Waals surface area contributed by atoms with Gasteiger partial charge < -0.3 is 0 Å². The van der Waals surface area contributed by atoms with Gasteiger partial charge in [-0.3, -0.25) is 19.0 Å². The molecule has 0 aromatic heterocycles. The second-order valence-corrected chi connectivity index (χ2v) is 10.0. The smallest absolute Gasteiger partial charge is 0.299 e. The van der Waals surface area contributed by atoms with Crippen molar-refractivity contribution in [1.82, 2.24) is 8.61 Å². The van der Waals surface area contributed by atoms with Gasteiger partial charge >= 0.3 is 20.4 Å². The van der Waals surface area contributed by atoms with Crippen LogP contribution in [0.2, 0.25) is 0 Å². The Hall–Kier alpha value is -2.02. The van der Waals surface area contributed by atoms with Crippen LogP contribution < -0.4 is 9.44 Å². The molecule has 0 spiro atoms. The Balaban J connectivity index is 3.56. The van der Waals surface area contributed by atoms with Crippen molar-refractivity contribution in [2.24, 2.45) is 0 Å². The van der Waals surface area contributed by atoms with Crippen LogP contribution in [0.3, 0.4) is 0 Å². The molecule has 27 heavy (non-hydrogen) atoms. The molecule has 1 aromatic carbocycles. The van der Waals surface area contributed by atoms with Crippen molar-refractivity contribution in [2.75, 3.05) is 37.6 Å². The summed E-state index contributed by atoms with van der Waals surface area (Å²) in [5.74, 6) is -2.24. The van der Waals surface area contributed by atoms with E-state index in [0.29, 0.717) is 0 Å². The van der Waals surface area contributed by atoms with E-state index in [-0.39, 0.29) is 16.9 Å². The number of nitrogens with one attached hydrogen (secondary N) is 2. The zero-order chi connectivity index (χ0) is 21.2. The van der Waals surface area contributed by atoms with Crippen molar-refractivity contribution in [3.63, 3.8) is 0 Å². The molecule has 0 unspecified atom stereocenters. The highest BCUT2D eigenvalue weighted by Gasteiger charge is 2.27. The third-order valence-corrected chi connectivity index (χ3v) is 6.52. The van der Waals surface area contributed by atoms with Gasteiger partial charge in [-0.25, -0.2) is 0 Å². The van der Waals surface area contributed by atoms with Crippen molar-refractivity contribution in [3.05, 3.63) is 23.8 Å². The number of rotatable bonds is 9. The summed E-state index contributed by atoms with van der Waals surface area (Å²) in [4.78, 5) is 24.0. The third kappa shape index (κ3) is 5.73. The standard InChI is InChI=1S/C15H24N4O6S2/c1-10(20)15(11(2)21)13-9-12(16-26(22,23)18(3)4)7-8-14(13)17-27(24,25)19(5)6/h7-9,15-17H,1-6H3. The fraction of sp³-hybridized carbons (Fsp3) is 0.467. The van der Waals surface area contributed by atoms with E-state index in [1.807, 2.05) is 0 Å². The van der Waals surface area contributed by atoms with Crippen molar-refractivity contribution in [2.45, 2.75) is 19.8 Å². The maximum atomic E-state index is 12.1. The number of carbonyl (C=O) groups excluding carboxylic acids is 2. The van der Waals surface area contributed by atoms with Crippen LogP contribution in [-0.2, 0) is 30.0 Å². The number of anilines is 2. The third-order valence-electron chi connectivity index (χ3n) is 3.62. The van der Waals surface area contributed by atoms with E-state index in [4.69, 9.17) is 0 Å². The molecule has 0 radical (unpaired) electrons. The van der Waals surface area contributed by atoms with Gasteiger partial charge in [0.25, 0.3) is 0 Å². The van der Waals surface area contributed by atoms with Crippen molar-refractivity contribution >= 4 is 43.4 Å². The molecule has 2 N–H and O–H groups in total. The minimum atomic E-state index is -3.91. The van der Waals surface area contributed by atoms with E-state index in [1.54, 1.807) is 0 Å². The Labute approximate surface area is 159 Å². The Morgan fingerprint density at radius 1 is 0.852 bits per heavy atom. The van der Waals surface area contributed by atoms with Crippen molar-refractivity contribution in [1.29, 1.82) is 0 Å². The lowest BCUT2D eigenvalue weighted by Crippen LogP contribution is -2.31. The van der Waals surface area contributed by atoms with E-state index >= 15 is 0 Å². The Bertz CT molecular complexity index is 925. The predicted molar refractivity (Wildman–Crippen MR) is 103 cm³/mol. The zero-order valence-electron chi connectivity index (χ0n) is 16.0. The maximum absolute atomic E-state index is 12.1. The van der Waals surface area contributed by atoms with E-state index < -0.39 is 37.9 Å². The van der Waals surface area contributed by atoms with Gasteiger partial charge in [-0.2, -0.15) is 25.4 Å². The normalized spacial score (nSPS) is 12.5. The monoisotopic (exact) mass is 420 g/mol. The van der Waals surface area contributed by atoms with Crippen LogP contribution in [0.1, 0.15) is 25.3 Å². The number of nitrogens with zero attached hydrogens (tertiary/aromatic N) is 2. The van der Waals surface area contributed by atoms with Gasteiger partial charge in [0.15, 0.2) is 0 Å². The second-order valence-electron chi connectivity index (χ2n) is 6.24. The molecule has 0 aliphatic rings. The molecule has 152 valence electrons. The molecule has 10 nitrogen and oxygen atoms in total. The number of hydrogen-bond acceptors (Lipinski definition) is 6. The Morgan fingerprint density at radius 3 is 1.70 bits per heavy atom. The highest BCUT2D eigenvalue weighted by Crippen LogP contribution is 2.31. The van der Waals surface area contributed by atoms with E-state index in [2.05, 4.69) is 9.44 Å². The zero-order valence-corrected chi connectivity index (χ0v) is 17.6. The fourth-order valence-electron chi connectivity index (χ4n) is 2.15. The van der Waals surface area contributed by atoms with Gasteiger partial charge in [-0.1, -0.05) is 0 Å². The first-order valence-electron chi connectivity index (χ1n) is 7.74. The van der Waals surface area contributed by atoms with Gasteiger partial charge in [-0.15, -0.1) is 0 Å². The van der Waals surface area contributed by atoms with E-state index in [0.717, 1.165) is 8.61 Å². The highest BCUT2D eigenvalue weighted by atomic mass is 32.2. The van der Waals surface area contributed by atoms with Crippen LogP contribution in [0.25, 0.3) is 0 Å². The summed E-state index contributed by atoms with van der Waals surface area (Å²) in [5, 5.41) is 0. The van der Waals surface area contributed by atoms with Gasteiger partial charge in [-0.05, 0) is 37.6 Å². The van der Waals surface area contributed by atoms with Crippen LogP contribution in [-0.4, -0.2) is 65.2 Å². The number of carbonyl (C=O) groups is 2. The molecule has 0 aliphatic heterocycles. The molecule has 1 aromatic rings. The molecule has 0 amide bonds. The molecule has 12 heteroatoms. The number of Topliss-reactive ketones (excluding diaryl/α,β-unsaturated/α-hetero) is 2. The summed E-state index contributed by atoms with van der Waals surface area (Å²) in [5.41, 5.74) is 0.144. The number of benzene rings is 1. The minimum Gasteiger partial charge on any atom is -0.299 e. The molecule has 0 aliphatic carbocycles. The van der Waals surface area contributed by atoms with Crippen LogP contribution in [0.5, 0.6) is 0 Å². The van der Waals surface area contributed by atoms with Gasteiger partial charge in [0, 0.05) is 28.2 Å². The first kappa shape index (κ1) is 23.0. The predicted octanol–water partition coefficient (Wildman–Crippen LogP) is 0.385. The largest absolute Gasteiger partial charge is 0.301 e. The maximum Gasteiger partial charge on any atom is 0.301 e. The quantitative estimate of drug-likeness (QED) is 0.555.